The van der Waals surface area contributed by atoms with Gasteiger partial charge in [0.1, 0.15) is 5.82 Å². The minimum Gasteiger partial charge on any atom is -0.368 e. The second-order valence-corrected chi connectivity index (χ2v) is 5.33. The van der Waals surface area contributed by atoms with Crippen LogP contribution in [0.2, 0.25) is 0 Å². The topological polar surface area (TPSA) is 37.8 Å². The van der Waals surface area contributed by atoms with Crippen LogP contribution in [0.3, 0.4) is 0 Å². The molecule has 1 aromatic rings. The molecule has 0 aromatic carbocycles. The van der Waals surface area contributed by atoms with Crippen molar-refractivity contribution in [2.24, 2.45) is 17.8 Å². The molecule has 0 saturated heterocycles. The van der Waals surface area contributed by atoms with E-state index < -0.39 is 11.9 Å². The standard InChI is InChI=1S/C13H20F3N3/c1-8(2)10(9(3)4)7-17-12-6-5-11(18-19-12)13(14,15)16/h5-6,8-10H,7H2,1-4H3,(H,17,19). The molecule has 0 aliphatic rings. The maximum absolute atomic E-state index is 12.3. The molecular weight excluding hydrogens is 255 g/mol. The number of nitrogens with one attached hydrogen (secondary N) is 1. The molecule has 0 amide bonds. The van der Waals surface area contributed by atoms with Crippen molar-refractivity contribution < 1.29 is 13.2 Å². The van der Waals surface area contributed by atoms with E-state index in [9.17, 15) is 13.2 Å². The van der Waals surface area contributed by atoms with Crippen LogP contribution in [0.1, 0.15) is 33.4 Å². The third-order valence-electron chi connectivity index (χ3n) is 3.19. The van der Waals surface area contributed by atoms with Gasteiger partial charge < -0.3 is 5.32 Å². The third-order valence-corrected chi connectivity index (χ3v) is 3.19. The van der Waals surface area contributed by atoms with E-state index in [4.69, 9.17) is 0 Å². The highest BCUT2D eigenvalue weighted by molar-refractivity contribution is 5.33. The zero-order chi connectivity index (χ0) is 14.6. The summed E-state index contributed by atoms with van der Waals surface area (Å²) < 4.78 is 37.0. The van der Waals surface area contributed by atoms with Crippen LogP contribution >= 0.6 is 0 Å². The first-order valence-electron chi connectivity index (χ1n) is 6.36. The van der Waals surface area contributed by atoms with E-state index in [2.05, 4.69) is 43.2 Å². The summed E-state index contributed by atoms with van der Waals surface area (Å²) in [5, 5.41) is 9.78. The van der Waals surface area contributed by atoms with Crippen LogP contribution < -0.4 is 5.32 Å². The van der Waals surface area contributed by atoms with E-state index in [0.29, 0.717) is 30.1 Å². The predicted octanol–water partition coefficient (Wildman–Crippen LogP) is 3.84. The van der Waals surface area contributed by atoms with Crippen LogP contribution in [0, 0.1) is 17.8 Å². The first kappa shape index (κ1) is 15.7. The van der Waals surface area contributed by atoms with E-state index in [-0.39, 0.29) is 0 Å². The van der Waals surface area contributed by atoms with Gasteiger partial charge in [0.15, 0.2) is 5.69 Å². The molecule has 1 N–H and O–H groups in total. The number of nitrogens with zero attached hydrogens (tertiary/aromatic N) is 2. The van der Waals surface area contributed by atoms with Crippen molar-refractivity contribution in [1.82, 2.24) is 10.2 Å². The molecule has 1 rings (SSSR count). The highest BCUT2D eigenvalue weighted by atomic mass is 19.4. The molecule has 108 valence electrons. The molecule has 0 aliphatic heterocycles. The molecular formula is C13H20F3N3. The maximum atomic E-state index is 12.3. The Bertz CT molecular complexity index is 377. The van der Waals surface area contributed by atoms with Gasteiger partial charge in [0.05, 0.1) is 0 Å². The molecule has 19 heavy (non-hydrogen) atoms. The largest absolute Gasteiger partial charge is 0.435 e. The summed E-state index contributed by atoms with van der Waals surface area (Å²) in [6.45, 7) is 9.19. The molecule has 0 atom stereocenters. The average molecular weight is 275 g/mol. The molecule has 0 spiro atoms. The Morgan fingerprint density at radius 3 is 2.00 bits per heavy atom. The number of hydrogen-bond donors (Lipinski definition) is 1. The van der Waals surface area contributed by atoms with Gasteiger partial charge in [-0.15, -0.1) is 10.2 Å². The SMILES string of the molecule is CC(C)C(CNc1ccc(C(F)(F)F)nn1)C(C)C. The Balaban J connectivity index is 2.63. The van der Waals surface area contributed by atoms with Crippen LogP contribution in [-0.4, -0.2) is 16.7 Å². The highest BCUT2D eigenvalue weighted by Gasteiger charge is 2.32. The number of alkyl halides is 3. The van der Waals surface area contributed by atoms with Crippen molar-refractivity contribution in [3.05, 3.63) is 17.8 Å². The average Bonchev–Trinajstić information content (AvgIpc) is 2.27. The van der Waals surface area contributed by atoms with Crippen molar-refractivity contribution in [2.45, 2.75) is 33.9 Å². The van der Waals surface area contributed by atoms with Crippen molar-refractivity contribution >= 4 is 5.82 Å². The van der Waals surface area contributed by atoms with Crippen molar-refractivity contribution in [2.75, 3.05) is 11.9 Å². The van der Waals surface area contributed by atoms with Crippen LogP contribution in [-0.2, 0) is 6.18 Å². The van der Waals surface area contributed by atoms with Crippen LogP contribution in [0.25, 0.3) is 0 Å². The molecule has 0 aliphatic carbocycles. The molecule has 3 nitrogen and oxygen atoms in total. The van der Waals surface area contributed by atoms with Gasteiger partial charge in [0.2, 0.25) is 0 Å². The summed E-state index contributed by atoms with van der Waals surface area (Å²) in [7, 11) is 0. The van der Waals surface area contributed by atoms with E-state index in [1.807, 2.05) is 0 Å². The number of hydrogen-bond acceptors (Lipinski definition) is 3. The fraction of sp³-hybridized carbons (Fsp3) is 0.692. The van der Waals surface area contributed by atoms with Crippen molar-refractivity contribution in [3.63, 3.8) is 0 Å². The van der Waals surface area contributed by atoms with Crippen molar-refractivity contribution in [1.29, 1.82) is 0 Å². The normalized spacial score (nSPS) is 12.5. The number of halogens is 3. The van der Waals surface area contributed by atoms with E-state index >= 15 is 0 Å². The zero-order valence-electron chi connectivity index (χ0n) is 11.6. The zero-order valence-corrected chi connectivity index (χ0v) is 11.6. The molecule has 0 saturated carbocycles. The van der Waals surface area contributed by atoms with Crippen LogP contribution in [0.5, 0.6) is 0 Å². The Kier molecular flexibility index (Phi) is 5.14. The van der Waals surface area contributed by atoms with E-state index in [1.165, 1.54) is 6.07 Å². The lowest BCUT2D eigenvalue weighted by molar-refractivity contribution is -0.141. The lowest BCUT2D eigenvalue weighted by atomic mass is 9.85. The summed E-state index contributed by atoms with van der Waals surface area (Å²) in [4.78, 5) is 0. The molecule has 0 fully saturated rings. The molecule has 1 aromatic heterocycles. The Hall–Kier alpha value is -1.33. The van der Waals surface area contributed by atoms with E-state index in [1.54, 1.807) is 0 Å². The fourth-order valence-electron chi connectivity index (χ4n) is 2.04. The summed E-state index contributed by atoms with van der Waals surface area (Å²) >= 11 is 0. The summed E-state index contributed by atoms with van der Waals surface area (Å²) in [6, 6.07) is 2.25. The van der Waals surface area contributed by atoms with Crippen molar-refractivity contribution in [3.8, 4) is 0 Å². The number of rotatable bonds is 5. The second kappa shape index (κ2) is 6.21. The van der Waals surface area contributed by atoms with Gasteiger partial charge in [-0.3, -0.25) is 0 Å². The van der Waals surface area contributed by atoms with Gasteiger partial charge in [-0.2, -0.15) is 13.2 Å². The minimum absolute atomic E-state index is 0.374. The van der Waals surface area contributed by atoms with Gasteiger partial charge in [-0.05, 0) is 29.9 Å². The summed E-state index contributed by atoms with van der Waals surface area (Å²) in [5.41, 5.74) is -0.970. The van der Waals surface area contributed by atoms with Gasteiger partial charge >= 0.3 is 6.18 Å². The molecule has 0 radical (unpaired) electrons. The first-order chi connectivity index (χ1) is 8.71. The predicted molar refractivity (Wildman–Crippen MR) is 68.7 cm³/mol. The monoisotopic (exact) mass is 275 g/mol. The second-order valence-electron chi connectivity index (χ2n) is 5.33. The maximum Gasteiger partial charge on any atom is 0.435 e. The number of anilines is 1. The lowest BCUT2D eigenvalue weighted by Crippen LogP contribution is -2.25. The Morgan fingerprint density at radius 2 is 1.63 bits per heavy atom. The highest BCUT2D eigenvalue weighted by Crippen LogP contribution is 2.27. The summed E-state index contributed by atoms with van der Waals surface area (Å²) in [5.74, 6) is 1.80. The van der Waals surface area contributed by atoms with Gasteiger partial charge in [0.25, 0.3) is 0 Å². The van der Waals surface area contributed by atoms with Crippen LogP contribution in [0.4, 0.5) is 19.0 Å². The Morgan fingerprint density at radius 1 is 1.05 bits per heavy atom. The minimum atomic E-state index is -4.44. The van der Waals surface area contributed by atoms with Crippen LogP contribution in [0.15, 0.2) is 12.1 Å². The molecule has 1 heterocycles. The molecule has 0 bridgehead atoms. The quantitative estimate of drug-likeness (QED) is 0.887. The third kappa shape index (κ3) is 4.69. The molecule has 6 heteroatoms. The summed E-state index contributed by atoms with van der Waals surface area (Å²) in [6.07, 6.45) is -4.44. The Labute approximate surface area is 111 Å². The number of aromatic nitrogens is 2. The molecule has 0 unspecified atom stereocenters. The van der Waals surface area contributed by atoms with Gasteiger partial charge in [-0.25, -0.2) is 0 Å². The smallest absolute Gasteiger partial charge is 0.368 e. The lowest BCUT2D eigenvalue weighted by Gasteiger charge is -2.25. The fourth-order valence-corrected chi connectivity index (χ4v) is 2.04. The van der Waals surface area contributed by atoms with Gasteiger partial charge in [-0.1, -0.05) is 27.7 Å². The van der Waals surface area contributed by atoms with Gasteiger partial charge in [0, 0.05) is 6.54 Å². The van der Waals surface area contributed by atoms with E-state index in [0.717, 1.165) is 6.07 Å². The first-order valence-corrected chi connectivity index (χ1v) is 6.36.